The topological polar surface area (TPSA) is 41.1 Å². The summed E-state index contributed by atoms with van der Waals surface area (Å²) < 4.78 is 38.2. The molecule has 1 amide bonds. The van der Waals surface area contributed by atoms with E-state index in [-0.39, 0.29) is 18.0 Å². The van der Waals surface area contributed by atoms with Gasteiger partial charge in [-0.3, -0.25) is 4.79 Å². The van der Waals surface area contributed by atoms with E-state index >= 15 is 0 Å². The highest BCUT2D eigenvalue weighted by Gasteiger charge is 2.32. The minimum atomic E-state index is -4.38. The highest BCUT2D eigenvalue weighted by Crippen LogP contribution is 2.31. The average Bonchev–Trinajstić information content (AvgIpc) is 2.35. The number of halogens is 3. The number of alkyl halides is 3. The van der Waals surface area contributed by atoms with Gasteiger partial charge in [0.15, 0.2) is 0 Å². The second-order valence-corrected chi connectivity index (χ2v) is 4.15. The molecule has 1 aromatic rings. The molecule has 6 heteroatoms. The van der Waals surface area contributed by atoms with Gasteiger partial charge in [-0.05, 0) is 25.5 Å². The van der Waals surface area contributed by atoms with Gasteiger partial charge in [0.1, 0.15) is 0 Å². The van der Waals surface area contributed by atoms with Crippen molar-refractivity contribution in [1.82, 2.24) is 10.6 Å². The molecule has 106 valence electrons. The van der Waals surface area contributed by atoms with E-state index in [2.05, 4.69) is 10.6 Å². The molecule has 0 saturated carbocycles. The van der Waals surface area contributed by atoms with Crippen LogP contribution in [0.5, 0.6) is 0 Å². The fourth-order valence-corrected chi connectivity index (χ4v) is 1.63. The summed E-state index contributed by atoms with van der Waals surface area (Å²) in [6.07, 6.45) is -4.38. The lowest BCUT2D eigenvalue weighted by Crippen LogP contribution is -2.41. The molecule has 0 aromatic heterocycles. The van der Waals surface area contributed by atoms with Crippen LogP contribution in [0.3, 0.4) is 0 Å². The van der Waals surface area contributed by atoms with Gasteiger partial charge < -0.3 is 10.6 Å². The molecule has 0 fully saturated rings. The van der Waals surface area contributed by atoms with Crippen molar-refractivity contribution in [2.75, 3.05) is 6.54 Å². The summed E-state index contributed by atoms with van der Waals surface area (Å²) in [5.74, 6) is -0.230. The van der Waals surface area contributed by atoms with E-state index in [1.165, 1.54) is 12.1 Å². The summed E-state index contributed by atoms with van der Waals surface area (Å²) in [5.41, 5.74) is -0.545. The van der Waals surface area contributed by atoms with Crippen LogP contribution in [0.1, 0.15) is 25.0 Å². The number of carbonyl (C=O) groups is 1. The maximum atomic E-state index is 12.7. The number of nitrogens with one attached hydrogen (secondary N) is 2. The van der Waals surface area contributed by atoms with Gasteiger partial charge in [0.05, 0.1) is 11.6 Å². The van der Waals surface area contributed by atoms with Crippen LogP contribution in [0, 0.1) is 0 Å². The number of hydrogen-bond donors (Lipinski definition) is 2. The molecule has 0 aliphatic rings. The lowest BCUT2D eigenvalue weighted by atomic mass is 10.1. The Labute approximate surface area is 110 Å². The molecular formula is C13H17F3N2O. The Hall–Kier alpha value is -1.56. The standard InChI is InChI=1S/C13H17F3N2O/c1-3-17-12(19)9(2)18-8-10-6-4-5-7-11(10)13(14,15)16/h4-7,9,18H,3,8H2,1-2H3,(H,17,19). The van der Waals surface area contributed by atoms with Crippen LogP contribution >= 0.6 is 0 Å². The summed E-state index contributed by atoms with van der Waals surface area (Å²) in [7, 11) is 0. The van der Waals surface area contributed by atoms with E-state index in [4.69, 9.17) is 0 Å². The molecule has 0 bridgehead atoms. The molecule has 19 heavy (non-hydrogen) atoms. The summed E-state index contributed by atoms with van der Waals surface area (Å²) >= 11 is 0. The van der Waals surface area contributed by atoms with Crippen LogP contribution in [0.15, 0.2) is 24.3 Å². The summed E-state index contributed by atoms with van der Waals surface area (Å²) in [6.45, 7) is 3.88. The van der Waals surface area contributed by atoms with Gasteiger partial charge in [-0.25, -0.2) is 0 Å². The molecule has 2 N–H and O–H groups in total. The minimum absolute atomic E-state index is 0.00597. The Kier molecular flexibility index (Phi) is 5.35. The van der Waals surface area contributed by atoms with E-state index in [0.717, 1.165) is 6.07 Å². The van der Waals surface area contributed by atoms with Crippen LogP contribution < -0.4 is 10.6 Å². The molecule has 0 radical (unpaired) electrons. The molecule has 1 rings (SSSR count). The highest BCUT2D eigenvalue weighted by atomic mass is 19.4. The van der Waals surface area contributed by atoms with Crippen molar-refractivity contribution >= 4 is 5.91 Å². The number of rotatable bonds is 5. The Morgan fingerprint density at radius 1 is 1.32 bits per heavy atom. The van der Waals surface area contributed by atoms with E-state index < -0.39 is 17.8 Å². The quantitative estimate of drug-likeness (QED) is 0.865. The maximum Gasteiger partial charge on any atom is 0.416 e. The molecule has 0 saturated heterocycles. The monoisotopic (exact) mass is 274 g/mol. The van der Waals surface area contributed by atoms with Crippen LogP contribution in [-0.2, 0) is 17.5 Å². The third-order valence-electron chi connectivity index (χ3n) is 2.67. The predicted octanol–water partition coefficient (Wildman–Crippen LogP) is 2.32. The van der Waals surface area contributed by atoms with Gasteiger partial charge in [-0.2, -0.15) is 13.2 Å². The van der Waals surface area contributed by atoms with Crippen molar-refractivity contribution in [3.63, 3.8) is 0 Å². The third-order valence-corrected chi connectivity index (χ3v) is 2.67. The smallest absolute Gasteiger partial charge is 0.355 e. The molecule has 0 aliphatic heterocycles. The van der Waals surface area contributed by atoms with Crippen molar-refractivity contribution in [3.05, 3.63) is 35.4 Å². The van der Waals surface area contributed by atoms with Gasteiger partial charge in [-0.1, -0.05) is 18.2 Å². The van der Waals surface area contributed by atoms with E-state index in [1.807, 2.05) is 0 Å². The normalized spacial score (nSPS) is 13.1. The zero-order valence-electron chi connectivity index (χ0n) is 10.8. The zero-order valence-corrected chi connectivity index (χ0v) is 10.8. The van der Waals surface area contributed by atoms with Crippen LogP contribution in [-0.4, -0.2) is 18.5 Å². The Morgan fingerprint density at radius 2 is 1.95 bits per heavy atom. The summed E-state index contributed by atoms with van der Waals surface area (Å²) in [6, 6.07) is 4.79. The van der Waals surface area contributed by atoms with Gasteiger partial charge in [0.25, 0.3) is 0 Å². The fourth-order valence-electron chi connectivity index (χ4n) is 1.63. The van der Waals surface area contributed by atoms with Gasteiger partial charge >= 0.3 is 6.18 Å². The van der Waals surface area contributed by atoms with Crippen molar-refractivity contribution < 1.29 is 18.0 Å². The first-order chi connectivity index (χ1) is 8.86. The molecule has 0 heterocycles. The first-order valence-corrected chi connectivity index (χ1v) is 6.02. The molecular weight excluding hydrogens is 257 g/mol. The maximum absolute atomic E-state index is 12.7. The van der Waals surface area contributed by atoms with Crippen molar-refractivity contribution in [1.29, 1.82) is 0 Å². The fraction of sp³-hybridized carbons (Fsp3) is 0.462. The molecule has 0 spiro atoms. The first kappa shape index (κ1) is 15.5. The van der Waals surface area contributed by atoms with Crippen molar-refractivity contribution in [2.24, 2.45) is 0 Å². The number of amides is 1. The van der Waals surface area contributed by atoms with E-state index in [9.17, 15) is 18.0 Å². The lowest BCUT2D eigenvalue weighted by Gasteiger charge is -2.16. The molecule has 3 nitrogen and oxygen atoms in total. The zero-order chi connectivity index (χ0) is 14.5. The van der Waals surface area contributed by atoms with E-state index in [1.54, 1.807) is 19.9 Å². The summed E-state index contributed by atoms with van der Waals surface area (Å²) in [5, 5.41) is 5.39. The Bertz CT molecular complexity index is 432. The number of benzene rings is 1. The van der Waals surface area contributed by atoms with Crippen molar-refractivity contribution in [2.45, 2.75) is 32.6 Å². The molecule has 1 aromatic carbocycles. The molecule has 1 unspecified atom stereocenters. The van der Waals surface area contributed by atoms with Gasteiger partial charge in [0, 0.05) is 13.1 Å². The SMILES string of the molecule is CCNC(=O)C(C)NCc1ccccc1C(F)(F)F. The number of carbonyl (C=O) groups excluding carboxylic acids is 1. The lowest BCUT2D eigenvalue weighted by molar-refractivity contribution is -0.138. The number of hydrogen-bond acceptors (Lipinski definition) is 2. The second-order valence-electron chi connectivity index (χ2n) is 4.15. The summed E-state index contributed by atoms with van der Waals surface area (Å²) in [4.78, 5) is 11.5. The average molecular weight is 274 g/mol. The Morgan fingerprint density at radius 3 is 2.53 bits per heavy atom. The van der Waals surface area contributed by atoms with Crippen LogP contribution in [0.4, 0.5) is 13.2 Å². The largest absolute Gasteiger partial charge is 0.416 e. The van der Waals surface area contributed by atoms with Gasteiger partial charge in [0.2, 0.25) is 5.91 Å². The second kappa shape index (κ2) is 6.56. The molecule has 1 atom stereocenters. The Balaban J connectivity index is 2.71. The third kappa shape index (κ3) is 4.55. The van der Waals surface area contributed by atoms with E-state index in [0.29, 0.717) is 6.54 Å². The minimum Gasteiger partial charge on any atom is -0.355 e. The van der Waals surface area contributed by atoms with Gasteiger partial charge in [-0.15, -0.1) is 0 Å². The number of likely N-dealkylation sites (N-methyl/N-ethyl adjacent to an activating group) is 1. The first-order valence-electron chi connectivity index (χ1n) is 6.02. The van der Waals surface area contributed by atoms with Crippen molar-refractivity contribution in [3.8, 4) is 0 Å². The predicted molar refractivity (Wildman–Crippen MR) is 66.4 cm³/mol. The van der Waals surface area contributed by atoms with Crippen LogP contribution in [0.2, 0.25) is 0 Å². The highest BCUT2D eigenvalue weighted by molar-refractivity contribution is 5.81. The molecule has 0 aliphatic carbocycles. The van der Waals surface area contributed by atoms with Crippen LogP contribution in [0.25, 0.3) is 0 Å².